The fraction of sp³-hybridized carbons (Fsp3) is 0.318. The van der Waals surface area contributed by atoms with Gasteiger partial charge in [-0.05, 0) is 30.5 Å². The molecule has 1 aliphatic carbocycles. The molecule has 1 heterocycles. The number of fused-ring (bicyclic) bond motifs is 1. The van der Waals surface area contributed by atoms with Crippen molar-refractivity contribution in [3.05, 3.63) is 59.7 Å². The van der Waals surface area contributed by atoms with Crippen molar-refractivity contribution in [3.8, 4) is 0 Å². The van der Waals surface area contributed by atoms with E-state index in [-0.39, 0.29) is 23.5 Å². The first-order valence-electron chi connectivity index (χ1n) is 9.88. The molecule has 2 aliphatic rings. The van der Waals surface area contributed by atoms with E-state index in [0.29, 0.717) is 21.9 Å². The summed E-state index contributed by atoms with van der Waals surface area (Å²) in [6.07, 6.45) is 5.37. The Balaban J connectivity index is 1.51. The lowest BCUT2D eigenvalue weighted by molar-refractivity contribution is -0.123. The number of urea groups is 1. The molecule has 7 heteroatoms. The molecule has 4 rings (SSSR count). The Morgan fingerprint density at radius 1 is 1.00 bits per heavy atom. The van der Waals surface area contributed by atoms with Gasteiger partial charge in [-0.3, -0.25) is 14.8 Å². The van der Waals surface area contributed by atoms with E-state index >= 15 is 0 Å². The van der Waals surface area contributed by atoms with Gasteiger partial charge in [0.2, 0.25) is 0 Å². The molecule has 2 aromatic carbocycles. The Morgan fingerprint density at radius 2 is 1.72 bits per heavy atom. The highest BCUT2D eigenvalue weighted by Gasteiger charge is 2.42. The fourth-order valence-electron chi connectivity index (χ4n) is 4.04. The lowest BCUT2D eigenvalue weighted by atomic mass is 9.92. The maximum absolute atomic E-state index is 12.8. The van der Waals surface area contributed by atoms with Gasteiger partial charge in [0.1, 0.15) is 5.92 Å². The van der Waals surface area contributed by atoms with Gasteiger partial charge in [-0.1, -0.05) is 55.7 Å². The number of anilines is 2. The normalized spacial score (nSPS) is 19.0. The first-order valence-corrected chi connectivity index (χ1v) is 9.88. The number of nitrogens with zero attached hydrogens (tertiary/aromatic N) is 1. The fourth-order valence-corrected chi connectivity index (χ4v) is 4.04. The number of hydroxylamine groups is 1. The van der Waals surface area contributed by atoms with Gasteiger partial charge in [-0.15, -0.1) is 0 Å². The van der Waals surface area contributed by atoms with Crippen LogP contribution < -0.4 is 15.7 Å². The first kappa shape index (κ1) is 19.1. The van der Waals surface area contributed by atoms with Gasteiger partial charge in [0, 0.05) is 17.3 Å². The lowest BCUT2D eigenvalue weighted by Gasteiger charge is -2.23. The first-order chi connectivity index (χ1) is 14.0. The quantitative estimate of drug-likeness (QED) is 0.417. The van der Waals surface area contributed by atoms with Crippen molar-refractivity contribution >= 4 is 29.1 Å². The molecule has 29 heavy (non-hydrogen) atoms. The highest BCUT2D eigenvalue weighted by molar-refractivity contribution is 6.22. The van der Waals surface area contributed by atoms with Crippen LogP contribution in [0.4, 0.5) is 16.2 Å². The van der Waals surface area contributed by atoms with E-state index in [0.717, 1.165) is 25.7 Å². The minimum absolute atomic E-state index is 0.168. The van der Waals surface area contributed by atoms with Crippen molar-refractivity contribution in [2.24, 2.45) is 0 Å². The van der Waals surface area contributed by atoms with Crippen molar-refractivity contribution in [1.82, 2.24) is 5.32 Å². The molecule has 0 bridgehead atoms. The minimum atomic E-state index is -1.09. The summed E-state index contributed by atoms with van der Waals surface area (Å²) < 4.78 is 0. The van der Waals surface area contributed by atoms with Crippen LogP contribution >= 0.6 is 0 Å². The molecule has 1 fully saturated rings. The summed E-state index contributed by atoms with van der Waals surface area (Å²) in [5.74, 6) is -2.16. The largest absolute Gasteiger partial charge is 0.335 e. The van der Waals surface area contributed by atoms with E-state index in [2.05, 4.69) is 10.6 Å². The molecular formula is C22H23N3O4. The second kappa shape index (κ2) is 8.05. The van der Waals surface area contributed by atoms with E-state index in [1.807, 2.05) is 0 Å². The summed E-state index contributed by atoms with van der Waals surface area (Å²) in [7, 11) is 0. The standard InChI is InChI=1S/C22H23N3O4/c26-20(14-7-3-1-4-8-14)19-17-12-11-16(13-18(17)25(29)21(19)27)24-22(28)23-15-9-5-2-6-10-15/h1,3-4,7-8,11-13,15,19,29H,2,5-6,9-10H2,(H2,23,24,28). The average Bonchev–Trinajstić information content (AvgIpc) is 2.99. The zero-order valence-corrected chi connectivity index (χ0v) is 15.9. The summed E-state index contributed by atoms with van der Waals surface area (Å²) in [5.41, 5.74) is 1.47. The van der Waals surface area contributed by atoms with Crippen LogP contribution in [-0.2, 0) is 4.79 Å². The number of hydrogen-bond donors (Lipinski definition) is 3. The summed E-state index contributed by atoms with van der Waals surface area (Å²) >= 11 is 0. The molecule has 3 amide bonds. The highest BCUT2D eigenvalue weighted by Crippen LogP contribution is 2.39. The third kappa shape index (κ3) is 3.86. The molecular weight excluding hydrogens is 370 g/mol. The van der Waals surface area contributed by atoms with Crippen LogP contribution in [0.2, 0.25) is 0 Å². The lowest BCUT2D eigenvalue weighted by Crippen LogP contribution is -2.39. The van der Waals surface area contributed by atoms with E-state index in [9.17, 15) is 19.6 Å². The topological polar surface area (TPSA) is 98.7 Å². The van der Waals surface area contributed by atoms with Gasteiger partial charge in [-0.2, -0.15) is 5.06 Å². The molecule has 0 saturated heterocycles. The van der Waals surface area contributed by atoms with Crippen LogP contribution in [0, 0.1) is 0 Å². The van der Waals surface area contributed by atoms with Crippen molar-refractivity contribution in [2.75, 3.05) is 10.4 Å². The average molecular weight is 393 g/mol. The monoisotopic (exact) mass is 393 g/mol. The zero-order chi connectivity index (χ0) is 20.4. The molecule has 1 saturated carbocycles. The molecule has 1 atom stereocenters. The Kier molecular flexibility index (Phi) is 5.31. The molecule has 0 spiro atoms. The van der Waals surface area contributed by atoms with Crippen LogP contribution in [-0.4, -0.2) is 29.0 Å². The van der Waals surface area contributed by atoms with Gasteiger partial charge in [0.05, 0.1) is 5.69 Å². The number of carbonyl (C=O) groups is 3. The second-order valence-electron chi connectivity index (χ2n) is 7.52. The number of carbonyl (C=O) groups excluding carboxylic acids is 3. The van der Waals surface area contributed by atoms with Crippen molar-refractivity contribution in [1.29, 1.82) is 0 Å². The zero-order valence-electron chi connectivity index (χ0n) is 15.9. The number of hydrogen-bond acceptors (Lipinski definition) is 4. The molecule has 3 N–H and O–H groups in total. The van der Waals surface area contributed by atoms with Gasteiger partial charge >= 0.3 is 6.03 Å². The van der Waals surface area contributed by atoms with E-state index < -0.39 is 11.8 Å². The molecule has 150 valence electrons. The SMILES string of the molecule is O=C(Nc1ccc2c(c1)N(O)C(=O)C2C(=O)c1ccccc1)NC1CCCCC1. The predicted molar refractivity (Wildman–Crippen MR) is 108 cm³/mol. The maximum atomic E-state index is 12.8. The minimum Gasteiger partial charge on any atom is -0.335 e. The van der Waals surface area contributed by atoms with Gasteiger partial charge < -0.3 is 10.6 Å². The highest BCUT2D eigenvalue weighted by atomic mass is 16.5. The van der Waals surface area contributed by atoms with Crippen LogP contribution in [0.15, 0.2) is 48.5 Å². The molecule has 2 aromatic rings. The Hall–Kier alpha value is -3.19. The maximum Gasteiger partial charge on any atom is 0.319 e. The summed E-state index contributed by atoms with van der Waals surface area (Å²) in [6.45, 7) is 0. The summed E-state index contributed by atoms with van der Waals surface area (Å²) in [5, 5.41) is 16.4. The van der Waals surface area contributed by atoms with Crippen molar-refractivity contribution in [3.63, 3.8) is 0 Å². The number of benzene rings is 2. The molecule has 1 aliphatic heterocycles. The van der Waals surface area contributed by atoms with Crippen molar-refractivity contribution < 1.29 is 19.6 Å². The van der Waals surface area contributed by atoms with Gasteiger partial charge in [0.15, 0.2) is 5.78 Å². The second-order valence-corrected chi connectivity index (χ2v) is 7.52. The number of nitrogens with one attached hydrogen (secondary N) is 2. The number of amides is 3. The van der Waals surface area contributed by atoms with Gasteiger partial charge in [-0.25, -0.2) is 4.79 Å². The Bertz CT molecular complexity index is 938. The number of rotatable bonds is 4. The predicted octanol–water partition coefficient (Wildman–Crippen LogP) is 3.84. The third-order valence-electron chi connectivity index (χ3n) is 5.54. The Morgan fingerprint density at radius 3 is 2.45 bits per heavy atom. The molecule has 0 aromatic heterocycles. The summed E-state index contributed by atoms with van der Waals surface area (Å²) in [6, 6.07) is 13.1. The number of ketones is 1. The third-order valence-corrected chi connectivity index (χ3v) is 5.54. The number of Topliss-reactive ketones (excluding diaryl/α,β-unsaturated/α-hetero) is 1. The van der Waals surface area contributed by atoms with Crippen LogP contribution in [0.5, 0.6) is 0 Å². The van der Waals surface area contributed by atoms with E-state index in [4.69, 9.17) is 0 Å². The summed E-state index contributed by atoms with van der Waals surface area (Å²) in [4.78, 5) is 37.6. The van der Waals surface area contributed by atoms with Gasteiger partial charge in [0.25, 0.3) is 5.91 Å². The van der Waals surface area contributed by atoms with Crippen LogP contribution in [0.1, 0.15) is 53.9 Å². The van der Waals surface area contributed by atoms with Crippen LogP contribution in [0.25, 0.3) is 0 Å². The molecule has 0 radical (unpaired) electrons. The van der Waals surface area contributed by atoms with Crippen molar-refractivity contribution in [2.45, 2.75) is 44.1 Å². The molecule has 1 unspecified atom stereocenters. The van der Waals surface area contributed by atoms with E-state index in [1.165, 1.54) is 12.5 Å². The Labute approximate surface area is 168 Å². The van der Waals surface area contributed by atoms with Crippen LogP contribution in [0.3, 0.4) is 0 Å². The smallest absolute Gasteiger partial charge is 0.319 e. The van der Waals surface area contributed by atoms with E-state index in [1.54, 1.807) is 42.5 Å². The molecule has 7 nitrogen and oxygen atoms in total.